The summed E-state index contributed by atoms with van der Waals surface area (Å²) in [6.07, 6.45) is 3.78. The van der Waals surface area contributed by atoms with Crippen molar-refractivity contribution < 1.29 is 28.6 Å². The molecule has 1 amide bonds. The maximum Gasteiger partial charge on any atom is 0.262 e. The largest absolute Gasteiger partial charge is 0.493 e. The molecule has 2 aromatic rings. The third kappa shape index (κ3) is 4.65. The minimum absolute atomic E-state index is 0.0262. The Bertz CT molecular complexity index is 1260. The summed E-state index contributed by atoms with van der Waals surface area (Å²) in [5.41, 5.74) is 3.70. The number of carbonyl (C=O) groups excluding carboxylic acids is 3. The number of rotatable bonds is 6. The minimum Gasteiger partial charge on any atom is -0.493 e. The van der Waals surface area contributed by atoms with E-state index in [4.69, 9.17) is 14.2 Å². The van der Waals surface area contributed by atoms with Crippen LogP contribution in [0.15, 0.2) is 65.1 Å². The summed E-state index contributed by atoms with van der Waals surface area (Å²) in [7, 11) is 1.52. The average molecular weight is 488 g/mol. The van der Waals surface area contributed by atoms with E-state index in [2.05, 4.69) is 5.32 Å². The predicted octanol–water partition coefficient (Wildman–Crippen LogP) is 5.15. The Morgan fingerprint density at radius 2 is 1.64 bits per heavy atom. The quantitative estimate of drug-likeness (QED) is 0.606. The summed E-state index contributed by atoms with van der Waals surface area (Å²) in [4.78, 5) is 38.4. The zero-order valence-electron chi connectivity index (χ0n) is 20.5. The number of amides is 1. The molecule has 0 saturated heterocycles. The summed E-state index contributed by atoms with van der Waals surface area (Å²) in [5, 5.41) is 2.82. The molecule has 0 fully saturated rings. The molecule has 0 bridgehead atoms. The van der Waals surface area contributed by atoms with Gasteiger partial charge in [-0.3, -0.25) is 14.4 Å². The van der Waals surface area contributed by atoms with Gasteiger partial charge in [-0.2, -0.15) is 0 Å². The van der Waals surface area contributed by atoms with E-state index >= 15 is 0 Å². The summed E-state index contributed by atoms with van der Waals surface area (Å²) >= 11 is 0. The van der Waals surface area contributed by atoms with E-state index in [0.717, 1.165) is 24.0 Å². The lowest BCUT2D eigenvalue weighted by Crippen LogP contribution is -2.30. The standard InChI is InChI=1S/C29H29NO6/c1-17-6-3-7-19(14-17)30-26(33)16-35-22-13-12-18(15-25(22)34-2)27-28-20(31)8-4-10-23(28)36-24-11-5-9-21(32)29(24)27/h3,6-7,12-15,27H,4-5,8-11,16H2,1-2H3,(H,30,33). The second-order valence-electron chi connectivity index (χ2n) is 9.38. The van der Waals surface area contributed by atoms with Crippen molar-refractivity contribution in [3.05, 3.63) is 76.3 Å². The zero-order valence-corrected chi connectivity index (χ0v) is 20.5. The number of aryl methyl sites for hydroxylation is 1. The number of anilines is 1. The molecule has 0 unspecified atom stereocenters. The SMILES string of the molecule is COc1cc(C2C3=C(CCCC3=O)OC3=C2C(=O)CCC3)ccc1OCC(=O)Nc1cccc(C)c1. The van der Waals surface area contributed by atoms with Gasteiger partial charge in [-0.05, 0) is 55.2 Å². The van der Waals surface area contributed by atoms with Gasteiger partial charge in [-0.1, -0.05) is 18.2 Å². The molecule has 0 aromatic heterocycles. The normalized spacial score (nSPS) is 17.8. The van der Waals surface area contributed by atoms with Crippen LogP contribution in [0.1, 0.15) is 55.6 Å². The van der Waals surface area contributed by atoms with Crippen LogP contribution >= 0.6 is 0 Å². The molecule has 36 heavy (non-hydrogen) atoms. The Hall–Kier alpha value is -3.87. The third-order valence-corrected chi connectivity index (χ3v) is 6.82. The minimum atomic E-state index is -0.475. The van der Waals surface area contributed by atoms with Gasteiger partial charge in [0.25, 0.3) is 5.91 Å². The third-order valence-electron chi connectivity index (χ3n) is 6.82. The molecule has 0 saturated carbocycles. The van der Waals surface area contributed by atoms with E-state index in [9.17, 15) is 14.4 Å². The number of methoxy groups -OCH3 is 1. The van der Waals surface area contributed by atoms with Crippen molar-refractivity contribution in [2.24, 2.45) is 0 Å². The topological polar surface area (TPSA) is 90.9 Å². The molecule has 3 aliphatic rings. The van der Waals surface area contributed by atoms with Crippen molar-refractivity contribution in [2.75, 3.05) is 19.0 Å². The highest BCUT2D eigenvalue weighted by molar-refractivity contribution is 6.05. The van der Waals surface area contributed by atoms with Crippen LogP contribution in [0.25, 0.3) is 0 Å². The van der Waals surface area contributed by atoms with Crippen LogP contribution in [0.5, 0.6) is 11.5 Å². The summed E-state index contributed by atoms with van der Waals surface area (Å²) in [5.74, 6) is 1.50. The second-order valence-corrected chi connectivity index (χ2v) is 9.38. The summed E-state index contributed by atoms with van der Waals surface area (Å²) in [6, 6.07) is 12.9. The number of nitrogens with one attached hydrogen (secondary N) is 1. The van der Waals surface area contributed by atoms with Crippen LogP contribution in [-0.2, 0) is 19.1 Å². The van der Waals surface area contributed by atoms with Gasteiger partial charge in [0.15, 0.2) is 29.7 Å². The van der Waals surface area contributed by atoms with E-state index in [1.807, 2.05) is 37.3 Å². The molecule has 186 valence electrons. The molecule has 1 N–H and O–H groups in total. The lowest BCUT2D eigenvalue weighted by molar-refractivity contribution is -0.119. The predicted molar refractivity (Wildman–Crippen MR) is 134 cm³/mol. The van der Waals surface area contributed by atoms with Crippen LogP contribution in [0.2, 0.25) is 0 Å². The van der Waals surface area contributed by atoms with Gasteiger partial charge >= 0.3 is 0 Å². The van der Waals surface area contributed by atoms with E-state index in [1.54, 1.807) is 12.1 Å². The molecule has 7 heteroatoms. The zero-order chi connectivity index (χ0) is 25.2. The molecule has 7 nitrogen and oxygen atoms in total. The Morgan fingerprint density at radius 3 is 2.28 bits per heavy atom. The van der Waals surface area contributed by atoms with Crippen molar-refractivity contribution in [1.29, 1.82) is 0 Å². The number of hydrogen-bond acceptors (Lipinski definition) is 6. The van der Waals surface area contributed by atoms with Crippen molar-refractivity contribution in [3.8, 4) is 11.5 Å². The fourth-order valence-electron chi connectivity index (χ4n) is 5.20. The number of benzene rings is 2. The highest BCUT2D eigenvalue weighted by Crippen LogP contribution is 2.48. The first-order valence-corrected chi connectivity index (χ1v) is 12.3. The van der Waals surface area contributed by atoms with Crippen LogP contribution in [-0.4, -0.2) is 31.2 Å². The van der Waals surface area contributed by atoms with E-state index in [1.165, 1.54) is 7.11 Å². The fraction of sp³-hybridized carbons (Fsp3) is 0.345. The van der Waals surface area contributed by atoms with Crippen molar-refractivity contribution in [2.45, 2.75) is 51.4 Å². The highest BCUT2D eigenvalue weighted by Gasteiger charge is 2.41. The molecule has 1 aliphatic heterocycles. The van der Waals surface area contributed by atoms with Crippen LogP contribution < -0.4 is 14.8 Å². The van der Waals surface area contributed by atoms with Gasteiger partial charge in [-0.25, -0.2) is 0 Å². The van der Waals surface area contributed by atoms with Crippen molar-refractivity contribution >= 4 is 23.2 Å². The molecule has 2 aromatic carbocycles. The van der Waals surface area contributed by atoms with Crippen molar-refractivity contribution in [1.82, 2.24) is 0 Å². The van der Waals surface area contributed by atoms with Gasteiger partial charge in [-0.15, -0.1) is 0 Å². The van der Waals surface area contributed by atoms with Crippen LogP contribution in [0.4, 0.5) is 5.69 Å². The van der Waals surface area contributed by atoms with Gasteiger partial charge < -0.3 is 19.5 Å². The molecule has 0 radical (unpaired) electrons. The monoisotopic (exact) mass is 487 g/mol. The number of hydrogen-bond donors (Lipinski definition) is 1. The molecular formula is C29H29NO6. The Labute approximate surface area is 210 Å². The lowest BCUT2D eigenvalue weighted by atomic mass is 9.73. The van der Waals surface area contributed by atoms with Crippen molar-refractivity contribution in [3.63, 3.8) is 0 Å². The Morgan fingerprint density at radius 1 is 0.944 bits per heavy atom. The van der Waals surface area contributed by atoms with E-state index < -0.39 is 5.92 Å². The van der Waals surface area contributed by atoms with Crippen LogP contribution in [0, 0.1) is 6.92 Å². The lowest BCUT2D eigenvalue weighted by Gasteiger charge is -2.36. The number of ketones is 2. The molecule has 1 heterocycles. The second kappa shape index (κ2) is 10.0. The molecule has 2 aliphatic carbocycles. The molecular weight excluding hydrogens is 458 g/mol. The number of Topliss-reactive ketones (excluding diaryl/α,β-unsaturated/α-hetero) is 2. The number of carbonyl (C=O) groups is 3. The molecule has 0 atom stereocenters. The van der Waals surface area contributed by atoms with Crippen LogP contribution in [0.3, 0.4) is 0 Å². The fourth-order valence-corrected chi connectivity index (χ4v) is 5.20. The van der Waals surface area contributed by atoms with Gasteiger partial charge in [0, 0.05) is 48.4 Å². The highest BCUT2D eigenvalue weighted by atomic mass is 16.5. The Balaban J connectivity index is 1.41. The first-order chi connectivity index (χ1) is 17.4. The number of allylic oxidation sites excluding steroid dienone is 4. The Kier molecular flexibility index (Phi) is 6.63. The smallest absolute Gasteiger partial charge is 0.262 e. The average Bonchev–Trinajstić information content (AvgIpc) is 2.86. The van der Waals surface area contributed by atoms with Gasteiger partial charge in [0.05, 0.1) is 7.11 Å². The van der Waals surface area contributed by atoms with E-state index in [0.29, 0.717) is 65.5 Å². The maximum atomic E-state index is 13.0. The first-order valence-electron chi connectivity index (χ1n) is 12.3. The van der Waals surface area contributed by atoms with Gasteiger partial charge in [0.1, 0.15) is 11.5 Å². The van der Waals surface area contributed by atoms with Gasteiger partial charge in [0.2, 0.25) is 0 Å². The molecule has 5 rings (SSSR count). The first kappa shape index (κ1) is 23.9. The molecule has 0 spiro atoms. The number of ether oxygens (including phenoxy) is 3. The summed E-state index contributed by atoms with van der Waals surface area (Å²) in [6.45, 7) is 1.76. The summed E-state index contributed by atoms with van der Waals surface area (Å²) < 4.78 is 17.5. The maximum absolute atomic E-state index is 13.0. The van der Waals surface area contributed by atoms with E-state index in [-0.39, 0.29) is 24.1 Å².